The summed E-state index contributed by atoms with van der Waals surface area (Å²) in [7, 11) is 1.60. The van der Waals surface area contributed by atoms with Crippen molar-refractivity contribution in [3.05, 3.63) is 93.9 Å². The average molecular weight is 475 g/mol. The Labute approximate surface area is 203 Å². The number of esters is 1. The number of aliphatic imine (C=N–C) groups is 1. The van der Waals surface area contributed by atoms with Gasteiger partial charge in [0.15, 0.2) is 0 Å². The Morgan fingerprint density at radius 2 is 1.82 bits per heavy atom. The number of methoxy groups -OCH3 is 1. The van der Waals surface area contributed by atoms with E-state index in [1.807, 2.05) is 38.1 Å². The van der Waals surface area contributed by atoms with E-state index in [1.165, 1.54) is 11.8 Å². The van der Waals surface area contributed by atoms with Crippen LogP contribution in [-0.2, 0) is 9.53 Å². The van der Waals surface area contributed by atoms with E-state index in [1.54, 1.807) is 38.3 Å². The lowest BCUT2D eigenvalue weighted by Crippen LogP contribution is -2.12. The summed E-state index contributed by atoms with van der Waals surface area (Å²) in [5, 5.41) is 11.4. The summed E-state index contributed by atoms with van der Waals surface area (Å²) in [4.78, 5) is 17.8. The molecule has 3 aromatic rings. The number of carbonyl (C=O) groups is 1. The minimum atomic E-state index is -0.599. The molecule has 6 nitrogen and oxygen atoms in total. The molecule has 0 atom stereocenters. The molecule has 0 aliphatic carbocycles. The second kappa shape index (κ2) is 10.1. The van der Waals surface area contributed by atoms with Crippen LogP contribution in [0.2, 0.25) is 0 Å². The number of hydrogen-bond acceptors (Lipinski definition) is 6. The van der Waals surface area contributed by atoms with Gasteiger partial charge in [-0.25, -0.2) is 9.79 Å². The Morgan fingerprint density at radius 1 is 1.12 bits per heavy atom. The first-order valence-electron chi connectivity index (χ1n) is 10.9. The number of aliphatic hydroxyl groups excluding tert-OH is 1. The van der Waals surface area contributed by atoms with Crippen LogP contribution in [0.3, 0.4) is 0 Å². The molecule has 34 heavy (non-hydrogen) atoms. The number of ether oxygens (including phenoxy) is 2. The Morgan fingerprint density at radius 3 is 2.47 bits per heavy atom. The first-order valence-corrected chi connectivity index (χ1v) is 11.7. The maximum absolute atomic E-state index is 12.7. The van der Waals surface area contributed by atoms with Gasteiger partial charge in [-0.2, -0.15) is 0 Å². The van der Waals surface area contributed by atoms with Crippen molar-refractivity contribution in [2.75, 3.05) is 13.7 Å². The molecule has 0 saturated carbocycles. The van der Waals surface area contributed by atoms with E-state index in [0.717, 1.165) is 22.6 Å². The summed E-state index contributed by atoms with van der Waals surface area (Å²) >= 11 is 1.25. The van der Waals surface area contributed by atoms with Crippen molar-refractivity contribution in [1.82, 2.24) is 4.57 Å². The van der Waals surface area contributed by atoms with Gasteiger partial charge in [0, 0.05) is 17.1 Å². The van der Waals surface area contributed by atoms with Crippen molar-refractivity contribution in [3.8, 4) is 11.4 Å². The lowest BCUT2D eigenvalue weighted by molar-refractivity contribution is -0.138. The normalized spacial score (nSPS) is 15.9. The number of benzene rings is 2. The van der Waals surface area contributed by atoms with E-state index in [9.17, 15) is 9.90 Å². The molecule has 1 N–H and O–H groups in total. The highest BCUT2D eigenvalue weighted by Gasteiger charge is 2.33. The third-order valence-electron chi connectivity index (χ3n) is 5.44. The Kier molecular flexibility index (Phi) is 6.93. The third-order valence-corrected chi connectivity index (χ3v) is 6.46. The molecule has 1 aromatic heterocycles. The fourth-order valence-corrected chi connectivity index (χ4v) is 4.84. The van der Waals surface area contributed by atoms with Crippen LogP contribution in [0.4, 0.5) is 5.69 Å². The van der Waals surface area contributed by atoms with E-state index in [-0.39, 0.29) is 17.9 Å². The Bertz CT molecular complexity index is 1300. The van der Waals surface area contributed by atoms with Crippen molar-refractivity contribution in [3.63, 3.8) is 0 Å². The topological polar surface area (TPSA) is 73.0 Å². The zero-order valence-corrected chi connectivity index (χ0v) is 20.3. The van der Waals surface area contributed by atoms with Gasteiger partial charge in [0.25, 0.3) is 0 Å². The highest BCUT2D eigenvalue weighted by molar-refractivity contribution is 8.18. The Hall–Kier alpha value is -3.71. The zero-order valence-electron chi connectivity index (χ0n) is 19.5. The van der Waals surface area contributed by atoms with Crippen molar-refractivity contribution < 1.29 is 19.4 Å². The molecule has 1 aliphatic heterocycles. The first kappa shape index (κ1) is 23.4. The fraction of sp³-hybridized carbons (Fsp3) is 0.185. The molecule has 0 spiro atoms. The number of aromatic nitrogens is 1. The SMILES string of the molecule is CCOC(=O)C1=C(O)/C(=C/c2cc(C)n(-c3ccccc3)c2C)SC1=Nc1ccc(OC)cc1. The van der Waals surface area contributed by atoms with Crippen LogP contribution in [0.5, 0.6) is 5.75 Å². The van der Waals surface area contributed by atoms with Crippen LogP contribution in [0.1, 0.15) is 23.9 Å². The monoisotopic (exact) mass is 474 g/mol. The van der Waals surface area contributed by atoms with Crippen LogP contribution in [0.25, 0.3) is 11.8 Å². The van der Waals surface area contributed by atoms with Gasteiger partial charge >= 0.3 is 5.97 Å². The van der Waals surface area contributed by atoms with Gasteiger partial charge in [-0.3, -0.25) is 0 Å². The molecule has 174 valence electrons. The molecule has 0 unspecified atom stereocenters. The molecular formula is C27H26N2O4S. The summed E-state index contributed by atoms with van der Waals surface area (Å²) in [5.74, 6) is -0.0143. The number of para-hydroxylation sites is 1. The summed E-state index contributed by atoms with van der Waals surface area (Å²) in [6.07, 6.45) is 1.89. The van der Waals surface area contributed by atoms with Crippen LogP contribution < -0.4 is 4.74 Å². The number of rotatable bonds is 6. The van der Waals surface area contributed by atoms with Gasteiger partial charge in [0.1, 0.15) is 22.1 Å². The second-order valence-electron chi connectivity index (χ2n) is 7.67. The molecule has 1 aliphatic rings. The lowest BCUT2D eigenvalue weighted by Gasteiger charge is -2.09. The first-order chi connectivity index (χ1) is 16.4. The third kappa shape index (κ3) is 4.65. The number of carbonyl (C=O) groups excluding carboxylic acids is 1. The summed E-state index contributed by atoms with van der Waals surface area (Å²) < 4.78 is 12.6. The number of aryl methyl sites for hydroxylation is 1. The van der Waals surface area contributed by atoms with Gasteiger partial charge in [-0.1, -0.05) is 30.0 Å². The number of aliphatic hydroxyl groups is 1. The summed E-state index contributed by atoms with van der Waals surface area (Å²) in [5.41, 5.74) is 4.83. The maximum atomic E-state index is 12.7. The summed E-state index contributed by atoms with van der Waals surface area (Å²) in [6.45, 7) is 6.01. The van der Waals surface area contributed by atoms with Crippen LogP contribution >= 0.6 is 11.8 Å². The maximum Gasteiger partial charge on any atom is 0.344 e. The van der Waals surface area contributed by atoms with Gasteiger partial charge in [-0.05, 0) is 74.9 Å². The second-order valence-corrected chi connectivity index (χ2v) is 8.70. The van der Waals surface area contributed by atoms with Gasteiger partial charge < -0.3 is 19.1 Å². The highest BCUT2D eigenvalue weighted by Crippen LogP contribution is 2.41. The van der Waals surface area contributed by atoms with E-state index >= 15 is 0 Å². The molecule has 7 heteroatoms. The molecule has 0 bridgehead atoms. The van der Waals surface area contributed by atoms with Gasteiger partial charge in [-0.15, -0.1) is 0 Å². The molecule has 4 rings (SSSR count). The minimum Gasteiger partial charge on any atom is -0.506 e. The van der Waals surface area contributed by atoms with Gasteiger partial charge in [0.05, 0.1) is 24.3 Å². The van der Waals surface area contributed by atoms with E-state index in [4.69, 9.17) is 9.47 Å². The smallest absolute Gasteiger partial charge is 0.344 e. The predicted octanol–water partition coefficient (Wildman–Crippen LogP) is 6.30. The quantitative estimate of drug-likeness (QED) is 0.425. The molecular weight excluding hydrogens is 448 g/mol. The minimum absolute atomic E-state index is 0.0748. The molecule has 0 radical (unpaired) electrons. The zero-order chi connectivity index (χ0) is 24.2. The van der Waals surface area contributed by atoms with Crippen LogP contribution in [-0.4, -0.2) is 34.4 Å². The predicted molar refractivity (Wildman–Crippen MR) is 137 cm³/mol. The number of hydrogen-bond donors (Lipinski definition) is 1. The largest absolute Gasteiger partial charge is 0.506 e. The molecule has 2 heterocycles. The van der Waals surface area contributed by atoms with Crippen LogP contribution in [0.15, 0.2) is 81.9 Å². The van der Waals surface area contributed by atoms with Crippen molar-refractivity contribution >= 4 is 34.5 Å². The molecule has 0 saturated heterocycles. The molecule has 0 fully saturated rings. The molecule has 2 aromatic carbocycles. The number of nitrogens with zero attached hydrogens (tertiary/aromatic N) is 2. The highest BCUT2D eigenvalue weighted by atomic mass is 32.2. The molecule has 0 amide bonds. The van der Waals surface area contributed by atoms with E-state index in [0.29, 0.717) is 21.4 Å². The van der Waals surface area contributed by atoms with Gasteiger partial charge in [0.2, 0.25) is 0 Å². The fourth-order valence-electron chi connectivity index (χ4n) is 3.82. The van der Waals surface area contributed by atoms with E-state index < -0.39 is 5.97 Å². The lowest BCUT2D eigenvalue weighted by atomic mass is 10.2. The van der Waals surface area contributed by atoms with E-state index in [2.05, 4.69) is 27.8 Å². The summed E-state index contributed by atoms with van der Waals surface area (Å²) in [6, 6.07) is 19.3. The van der Waals surface area contributed by atoms with Crippen molar-refractivity contribution in [1.29, 1.82) is 0 Å². The van der Waals surface area contributed by atoms with Crippen LogP contribution in [0, 0.1) is 13.8 Å². The standard InChI is InChI=1S/C27H26N2O4S/c1-5-33-27(31)24-25(30)23(34-26(24)28-20-11-13-22(32-4)14-12-20)16-19-15-17(2)29(18(19)3)21-9-7-6-8-10-21/h6-16,30H,5H2,1-4H3/b23-16-,28-26?. The number of thioether (sulfide) groups is 1. The van der Waals surface area contributed by atoms with Crippen molar-refractivity contribution in [2.45, 2.75) is 20.8 Å². The Balaban J connectivity index is 1.75. The van der Waals surface area contributed by atoms with Crippen molar-refractivity contribution in [2.24, 2.45) is 4.99 Å². The average Bonchev–Trinajstić information content (AvgIpc) is 3.29.